The zero-order chi connectivity index (χ0) is 14.6. The first-order valence-corrected chi connectivity index (χ1v) is 8.63. The zero-order valence-corrected chi connectivity index (χ0v) is 13.8. The topological polar surface area (TPSA) is 26.3 Å². The number of hydrogen-bond donors (Lipinski definition) is 0. The molecule has 2 nitrogen and oxygen atoms in total. The smallest absolute Gasteiger partial charge is 0.139 e. The van der Waals surface area contributed by atoms with Crippen LogP contribution in [0.4, 0.5) is 0 Å². The fraction of sp³-hybridized carbons (Fsp3) is 0.611. The van der Waals surface area contributed by atoms with Crippen LogP contribution in [0.1, 0.15) is 56.1 Å². The first kappa shape index (κ1) is 13.8. The summed E-state index contributed by atoms with van der Waals surface area (Å²) in [6, 6.07) is 6.55. The summed E-state index contributed by atoms with van der Waals surface area (Å²) in [5.74, 6) is 3.47. The maximum Gasteiger partial charge on any atom is 0.139 e. The second kappa shape index (κ2) is 4.81. The molecule has 0 aromatic heterocycles. The van der Waals surface area contributed by atoms with Crippen LogP contribution in [-0.4, -0.2) is 5.78 Å². The maximum absolute atomic E-state index is 12.3. The minimum Gasteiger partial charge on any atom is -0.480 e. The predicted molar refractivity (Wildman–Crippen MR) is 86.4 cm³/mol. The molecule has 3 aliphatic rings. The van der Waals surface area contributed by atoms with E-state index in [0.29, 0.717) is 23.5 Å². The quantitative estimate of drug-likeness (QED) is 0.724. The minimum atomic E-state index is -0.0121. The van der Waals surface area contributed by atoms with Gasteiger partial charge in [-0.3, -0.25) is 4.79 Å². The molecule has 3 heteroatoms. The van der Waals surface area contributed by atoms with Crippen LogP contribution in [0, 0.1) is 17.3 Å². The van der Waals surface area contributed by atoms with Gasteiger partial charge in [-0.1, -0.05) is 13.0 Å². The monoisotopic (exact) mass is 302 g/mol. The largest absolute Gasteiger partial charge is 0.480 e. The summed E-state index contributed by atoms with van der Waals surface area (Å²) in [4.78, 5) is 12.3. The highest BCUT2D eigenvalue weighted by Gasteiger charge is 2.54. The van der Waals surface area contributed by atoms with E-state index in [4.69, 9.17) is 4.52 Å². The van der Waals surface area contributed by atoms with E-state index in [1.165, 1.54) is 24.0 Å². The molecule has 4 rings (SSSR count). The Balaban J connectivity index is 1.70. The van der Waals surface area contributed by atoms with Crippen molar-refractivity contribution in [3.8, 4) is 5.75 Å². The average Bonchev–Trinajstić information content (AvgIpc) is 2.82. The maximum atomic E-state index is 12.3. The fourth-order valence-electron chi connectivity index (χ4n) is 5.40. The van der Waals surface area contributed by atoms with E-state index in [0.717, 1.165) is 31.4 Å². The first-order chi connectivity index (χ1) is 10.1. The highest BCUT2D eigenvalue weighted by molar-refractivity contribution is 7.10. The van der Waals surface area contributed by atoms with E-state index in [1.54, 1.807) is 0 Å². The summed E-state index contributed by atoms with van der Waals surface area (Å²) in [5, 5.41) is 0. The molecule has 0 bridgehead atoms. The number of hydrogen-bond acceptors (Lipinski definition) is 2. The summed E-state index contributed by atoms with van der Waals surface area (Å²) in [5.41, 5.74) is 2.98. The van der Waals surface area contributed by atoms with Gasteiger partial charge in [-0.15, -0.1) is 0 Å². The Morgan fingerprint density at radius 2 is 2.10 bits per heavy atom. The number of benzene rings is 1. The number of carbonyl (C=O) groups excluding carboxylic acids is 1. The molecule has 112 valence electrons. The lowest BCUT2D eigenvalue weighted by Gasteiger charge is -2.48. The number of carbonyl (C=O) groups is 1. The van der Waals surface area contributed by atoms with Gasteiger partial charge in [0.15, 0.2) is 0 Å². The number of Topliss-reactive ketones (excluding diaryl/α,β-unsaturated/α-hetero) is 1. The third-order valence-corrected chi connectivity index (χ3v) is 6.82. The second-order valence-electron chi connectivity index (χ2n) is 7.31. The average molecular weight is 302 g/mol. The molecular weight excluding hydrogens is 279 g/mol. The molecule has 3 aliphatic carbocycles. The van der Waals surface area contributed by atoms with Crippen molar-refractivity contribution >= 4 is 15.2 Å². The zero-order valence-electron chi connectivity index (χ0n) is 12.6. The van der Waals surface area contributed by atoms with Crippen molar-refractivity contribution < 1.29 is 9.32 Å². The molecule has 0 aliphatic heterocycles. The molecule has 1 aromatic rings. The van der Waals surface area contributed by atoms with Gasteiger partial charge in [-0.2, -0.15) is 0 Å². The normalized spacial score (nSPS) is 37.6. The molecule has 0 saturated heterocycles. The highest BCUT2D eigenvalue weighted by atomic mass is 31.0. The van der Waals surface area contributed by atoms with Crippen molar-refractivity contribution in [2.45, 2.75) is 51.4 Å². The van der Waals surface area contributed by atoms with Crippen molar-refractivity contribution in [1.29, 1.82) is 0 Å². The molecule has 2 saturated carbocycles. The van der Waals surface area contributed by atoms with Gasteiger partial charge in [0.25, 0.3) is 0 Å². The molecule has 0 heterocycles. The SMILES string of the molecule is C[C@]12CCC3c4ccc(OP)cc4CCC3C1CCC2=O. The van der Waals surface area contributed by atoms with Gasteiger partial charge >= 0.3 is 0 Å². The van der Waals surface area contributed by atoms with Crippen LogP contribution in [0.15, 0.2) is 18.2 Å². The van der Waals surface area contributed by atoms with Crippen LogP contribution in [0.3, 0.4) is 0 Å². The standard InChI is InChI=1S/C18H23O2P/c1-18-9-8-14-13-5-3-12(20-21)10-11(13)2-4-15(14)16(18)6-7-17(18)19/h3,5,10,14-16H,2,4,6-9,21H2,1H3/t14?,15?,16?,18-/m0/s1. The van der Waals surface area contributed by atoms with Crippen LogP contribution in [0.25, 0.3) is 0 Å². The van der Waals surface area contributed by atoms with Crippen LogP contribution in [-0.2, 0) is 11.2 Å². The lowest BCUT2D eigenvalue weighted by Crippen LogP contribution is -2.42. The van der Waals surface area contributed by atoms with Crippen LogP contribution in [0.2, 0.25) is 0 Å². The van der Waals surface area contributed by atoms with Gasteiger partial charge < -0.3 is 4.52 Å². The minimum absolute atomic E-state index is 0.0121. The van der Waals surface area contributed by atoms with Crippen LogP contribution >= 0.6 is 9.47 Å². The van der Waals surface area contributed by atoms with Crippen molar-refractivity contribution in [2.75, 3.05) is 0 Å². The fourth-order valence-corrected chi connectivity index (χ4v) is 5.55. The van der Waals surface area contributed by atoms with Gasteiger partial charge in [0.1, 0.15) is 11.5 Å². The molecule has 4 unspecified atom stereocenters. The highest BCUT2D eigenvalue weighted by Crippen LogP contribution is 2.59. The molecule has 0 radical (unpaired) electrons. The van der Waals surface area contributed by atoms with E-state index in [2.05, 4.69) is 34.6 Å². The van der Waals surface area contributed by atoms with Crippen molar-refractivity contribution in [3.63, 3.8) is 0 Å². The number of rotatable bonds is 1. The lowest BCUT2D eigenvalue weighted by molar-refractivity contribution is -0.129. The van der Waals surface area contributed by atoms with Crippen molar-refractivity contribution in [3.05, 3.63) is 29.3 Å². The summed E-state index contributed by atoms with van der Waals surface area (Å²) >= 11 is 0. The Bertz CT molecular complexity index is 597. The predicted octanol–water partition coefficient (Wildman–Crippen LogP) is 4.28. The Morgan fingerprint density at radius 3 is 2.90 bits per heavy atom. The number of fused-ring (bicyclic) bond motifs is 5. The molecule has 2 fully saturated rings. The molecule has 5 atom stereocenters. The van der Waals surface area contributed by atoms with Gasteiger partial charge in [0, 0.05) is 11.8 Å². The summed E-state index contributed by atoms with van der Waals surface area (Å²) in [6.45, 7) is 2.24. The first-order valence-electron chi connectivity index (χ1n) is 8.16. The van der Waals surface area contributed by atoms with Gasteiger partial charge in [0.05, 0.1) is 9.47 Å². The molecular formula is C18H23O2P. The Labute approximate surface area is 128 Å². The van der Waals surface area contributed by atoms with E-state index < -0.39 is 0 Å². The van der Waals surface area contributed by atoms with E-state index in [1.807, 2.05) is 0 Å². The second-order valence-corrected chi connectivity index (χ2v) is 7.55. The van der Waals surface area contributed by atoms with Crippen LogP contribution < -0.4 is 4.52 Å². The number of aryl methyl sites for hydroxylation is 1. The van der Waals surface area contributed by atoms with Crippen LogP contribution in [0.5, 0.6) is 5.75 Å². The summed E-state index contributed by atoms with van der Waals surface area (Å²) < 4.78 is 5.29. The van der Waals surface area contributed by atoms with Gasteiger partial charge in [-0.05, 0) is 73.1 Å². The third-order valence-electron chi connectivity index (χ3n) is 6.54. The molecule has 1 aromatic carbocycles. The summed E-state index contributed by atoms with van der Waals surface area (Å²) in [6.07, 6.45) is 6.58. The van der Waals surface area contributed by atoms with Gasteiger partial charge in [-0.25, -0.2) is 0 Å². The van der Waals surface area contributed by atoms with E-state index >= 15 is 0 Å². The Kier molecular flexibility index (Phi) is 3.15. The molecule has 0 amide bonds. The molecule has 21 heavy (non-hydrogen) atoms. The molecule has 0 N–H and O–H groups in total. The van der Waals surface area contributed by atoms with E-state index in [-0.39, 0.29) is 5.41 Å². The lowest BCUT2D eigenvalue weighted by atomic mass is 9.55. The third kappa shape index (κ3) is 1.91. The van der Waals surface area contributed by atoms with Gasteiger partial charge in [0.2, 0.25) is 0 Å². The number of ketones is 1. The summed E-state index contributed by atoms with van der Waals surface area (Å²) in [7, 11) is 2.33. The molecule has 0 spiro atoms. The Morgan fingerprint density at radius 1 is 1.24 bits per heavy atom. The van der Waals surface area contributed by atoms with Crippen molar-refractivity contribution in [2.24, 2.45) is 17.3 Å². The van der Waals surface area contributed by atoms with Crippen molar-refractivity contribution in [1.82, 2.24) is 0 Å². The van der Waals surface area contributed by atoms with E-state index in [9.17, 15) is 4.79 Å². The Hall–Kier alpha value is -0.880.